The third-order valence-electron chi connectivity index (χ3n) is 5.71. The fraction of sp³-hybridized carbons (Fsp3) is 0.480. The van der Waals surface area contributed by atoms with Crippen LogP contribution in [0.15, 0.2) is 30.6 Å². The van der Waals surface area contributed by atoms with Crippen molar-refractivity contribution in [1.29, 1.82) is 0 Å². The number of aromatic nitrogens is 4. The molecule has 4 rings (SSSR count). The molecule has 2 amide bonds. The highest BCUT2D eigenvalue weighted by Gasteiger charge is 2.25. The minimum absolute atomic E-state index is 0.168. The second kappa shape index (κ2) is 11.0. The molecule has 0 bridgehead atoms. The number of carbonyl (C=O) groups excluding carboxylic acids is 2. The first kappa shape index (κ1) is 26.1. The number of carbonyl (C=O) groups is 2. The van der Waals surface area contributed by atoms with E-state index >= 15 is 0 Å². The number of pyridine rings is 1. The molecule has 198 valence electrons. The number of fused-ring (bicyclic) bond motifs is 1. The molecule has 12 nitrogen and oxygen atoms in total. The first-order chi connectivity index (χ1) is 17.7. The van der Waals surface area contributed by atoms with Crippen molar-refractivity contribution in [2.75, 3.05) is 37.5 Å². The first-order valence-electron chi connectivity index (χ1n) is 12.2. The fourth-order valence-corrected chi connectivity index (χ4v) is 3.93. The maximum Gasteiger partial charge on any atom is 0.415 e. The summed E-state index contributed by atoms with van der Waals surface area (Å²) in [7, 11) is 3.09. The molecule has 0 spiro atoms. The number of amides is 2. The number of nitrogens with one attached hydrogen (secondary N) is 2. The van der Waals surface area contributed by atoms with Crippen LogP contribution < -0.4 is 20.3 Å². The van der Waals surface area contributed by atoms with Crippen LogP contribution in [-0.4, -0.2) is 70.6 Å². The zero-order valence-electron chi connectivity index (χ0n) is 21.8. The second-order valence-corrected chi connectivity index (χ2v) is 9.70. The molecular weight excluding hydrogens is 478 g/mol. The van der Waals surface area contributed by atoms with Crippen molar-refractivity contribution in [3.8, 4) is 5.88 Å². The summed E-state index contributed by atoms with van der Waals surface area (Å²) in [5.74, 6) is 0.760. The van der Waals surface area contributed by atoms with Crippen LogP contribution in [0.3, 0.4) is 0 Å². The Morgan fingerprint density at radius 2 is 2.14 bits per heavy atom. The Kier molecular flexibility index (Phi) is 7.77. The predicted molar refractivity (Wildman–Crippen MR) is 138 cm³/mol. The maximum absolute atomic E-state index is 13.1. The molecule has 4 heterocycles. The van der Waals surface area contributed by atoms with Crippen molar-refractivity contribution >= 4 is 35.0 Å². The van der Waals surface area contributed by atoms with Crippen molar-refractivity contribution in [2.24, 2.45) is 0 Å². The Morgan fingerprint density at radius 1 is 1.32 bits per heavy atom. The molecule has 2 N–H and O–H groups in total. The van der Waals surface area contributed by atoms with Gasteiger partial charge in [-0.25, -0.2) is 14.8 Å². The van der Waals surface area contributed by atoms with E-state index in [-0.39, 0.29) is 23.2 Å². The smallest absolute Gasteiger partial charge is 0.415 e. The standard InChI is InChI=1S/C25H33N7O5/c1-25(2,3)37-24(34)31(4)20-14-19(29-18-9-6-11-27-23(18)35-5)30-21-17(15-28-32(20)21)22(33)26-12-10-16-8-7-13-36-16/h6,9,11,14-16H,7-8,10,12-13H2,1-5H3,(H,26,33)(H,29,30). The summed E-state index contributed by atoms with van der Waals surface area (Å²) in [6, 6.07) is 5.17. The summed E-state index contributed by atoms with van der Waals surface area (Å²) in [6.45, 7) is 6.60. The van der Waals surface area contributed by atoms with Gasteiger partial charge in [-0.3, -0.25) is 9.69 Å². The molecular formula is C25H33N7O5. The topological polar surface area (TPSA) is 132 Å². The van der Waals surface area contributed by atoms with Gasteiger partial charge < -0.3 is 24.8 Å². The van der Waals surface area contributed by atoms with Gasteiger partial charge in [0.05, 0.1) is 19.4 Å². The van der Waals surface area contributed by atoms with E-state index in [1.165, 1.54) is 22.7 Å². The number of rotatable bonds is 8. The molecule has 12 heteroatoms. The van der Waals surface area contributed by atoms with Gasteiger partial charge >= 0.3 is 6.09 Å². The summed E-state index contributed by atoms with van der Waals surface area (Å²) < 4.78 is 17.9. The Hall–Kier alpha value is -3.93. The summed E-state index contributed by atoms with van der Waals surface area (Å²) >= 11 is 0. The second-order valence-electron chi connectivity index (χ2n) is 9.70. The highest BCUT2D eigenvalue weighted by molar-refractivity contribution is 6.00. The number of hydrogen-bond acceptors (Lipinski definition) is 9. The average Bonchev–Trinajstić information content (AvgIpc) is 3.52. The van der Waals surface area contributed by atoms with Gasteiger partial charge in [0.15, 0.2) is 5.65 Å². The largest absolute Gasteiger partial charge is 0.480 e. The minimum atomic E-state index is -0.695. The SMILES string of the molecule is COc1ncccc1Nc1cc(N(C)C(=O)OC(C)(C)C)n2ncc(C(=O)NCCC3CCCO3)c2n1. The van der Waals surface area contributed by atoms with Gasteiger partial charge in [-0.05, 0) is 52.2 Å². The fourth-order valence-electron chi connectivity index (χ4n) is 3.93. The van der Waals surface area contributed by atoms with E-state index in [9.17, 15) is 9.59 Å². The van der Waals surface area contributed by atoms with Crippen LogP contribution in [-0.2, 0) is 9.47 Å². The van der Waals surface area contributed by atoms with Gasteiger partial charge in [0.1, 0.15) is 28.5 Å². The normalized spacial score (nSPS) is 15.4. The highest BCUT2D eigenvalue weighted by atomic mass is 16.6. The van der Waals surface area contributed by atoms with Gasteiger partial charge in [-0.2, -0.15) is 9.61 Å². The molecule has 1 atom stereocenters. The summed E-state index contributed by atoms with van der Waals surface area (Å²) in [4.78, 5) is 36.1. The molecule has 37 heavy (non-hydrogen) atoms. The van der Waals surface area contributed by atoms with Crippen molar-refractivity contribution in [2.45, 2.75) is 51.7 Å². The zero-order chi connectivity index (χ0) is 26.6. The number of hydrogen-bond donors (Lipinski definition) is 2. The lowest BCUT2D eigenvalue weighted by molar-refractivity contribution is 0.0587. The maximum atomic E-state index is 13.1. The number of anilines is 3. The predicted octanol–water partition coefficient (Wildman–Crippen LogP) is 3.55. The number of ether oxygens (including phenoxy) is 3. The van der Waals surface area contributed by atoms with E-state index in [0.29, 0.717) is 29.7 Å². The van der Waals surface area contributed by atoms with Gasteiger partial charge in [0.25, 0.3) is 5.91 Å². The van der Waals surface area contributed by atoms with Crippen molar-refractivity contribution in [1.82, 2.24) is 24.9 Å². The summed E-state index contributed by atoms with van der Waals surface area (Å²) in [5.41, 5.74) is 0.412. The van der Waals surface area contributed by atoms with E-state index in [2.05, 4.69) is 25.7 Å². The number of nitrogens with zero attached hydrogens (tertiary/aromatic N) is 5. The molecule has 3 aromatic heterocycles. The van der Waals surface area contributed by atoms with Crippen molar-refractivity contribution in [3.63, 3.8) is 0 Å². The molecule has 0 aliphatic carbocycles. The minimum Gasteiger partial charge on any atom is -0.480 e. The van der Waals surface area contributed by atoms with Gasteiger partial charge in [-0.15, -0.1) is 0 Å². The van der Waals surface area contributed by atoms with Crippen LogP contribution in [0.2, 0.25) is 0 Å². The van der Waals surface area contributed by atoms with Crippen LogP contribution in [0, 0.1) is 0 Å². The number of methoxy groups -OCH3 is 1. The Balaban J connectivity index is 1.67. The average molecular weight is 512 g/mol. The molecule has 0 radical (unpaired) electrons. The molecule has 1 unspecified atom stereocenters. The monoisotopic (exact) mass is 511 g/mol. The van der Waals surface area contributed by atoms with E-state index in [0.717, 1.165) is 25.9 Å². The lowest BCUT2D eigenvalue weighted by Gasteiger charge is -2.25. The van der Waals surface area contributed by atoms with Crippen molar-refractivity contribution < 1.29 is 23.8 Å². The van der Waals surface area contributed by atoms with Crippen LogP contribution in [0.1, 0.15) is 50.4 Å². The third kappa shape index (κ3) is 6.26. The van der Waals surface area contributed by atoms with Gasteiger partial charge in [-0.1, -0.05) is 0 Å². The van der Waals surface area contributed by atoms with Gasteiger partial charge in [0.2, 0.25) is 5.88 Å². The van der Waals surface area contributed by atoms with E-state index < -0.39 is 11.7 Å². The van der Waals surface area contributed by atoms with Gasteiger partial charge in [0, 0.05) is 32.5 Å². The molecule has 0 aromatic carbocycles. The van der Waals surface area contributed by atoms with Crippen LogP contribution in [0.4, 0.5) is 22.1 Å². The molecule has 1 saturated heterocycles. The van der Waals surface area contributed by atoms with E-state index in [1.54, 1.807) is 52.2 Å². The van der Waals surface area contributed by atoms with Crippen LogP contribution >= 0.6 is 0 Å². The molecule has 3 aromatic rings. The summed E-state index contributed by atoms with van der Waals surface area (Å²) in [5, 5.41) is 10.5. The van der Waals surface area contributed by atoms with E-state index in [1.807, 2.05) is 0 Å². The molecule has 1 aliphatic rings. The van der Waals surface area contributed by atoms with E-state index in [4.69, 9.17) is 14.2 Å². The third-order valence-corrected chi connectivity index (χ3v) is 5.71. The molecule has 0 saturated carbocycles. The quantitative estimate of drug-likeness (QED) is 0.466. The zero-order valence-corrected chi connectivity index (χ0v) is 21.8. The highest BCUT2D eigenvalue weighted by Crippen LogP contribution is 2.28. The first-order valence-corrected chi connectivity index (χ1v) is 12.2. The Labute approximate surface area is 215 Å². The van der Waals surface area contributed by atoms with Crippen molar-refractivity contribution in [3.05, 3.63) is 36.2 Å². The van der Waals surface area contributed by atoms with Crippen LogP contribution in [0.25, 0.3) is 5.65 Å². The Morgan fingerprint density at radius 3 is 2.84 bits per heavy atom. The lowest BCUT2D eigenvalue weighted by atomic mass is 10.2. The Bertz CT molecular complexity index is 1260. The van der Waals surface area contributed by atoms with Crippen LogP contribution in [0.5, 0.6) is 5.88 Å². The molecule has 1 aliphatic heterocycles. The molecule has 1 fully saturated rings. The summed E-state index contributed by atoms with van der Waals surface area (Å²) in [6.07, 6.45) is 5.41. The lowest BCUT2D eigenvalue weighted by Crippen LogP contribution is -2.35.